The Morgan fingerprint density at radius 3 is 2.52 bits per heavy atom. The number of carbonyl (C=O) groups is 1. The number of aromatic nitrogens is 1. The first-order valence-electron chi connectivity index (χ1n) is 7.99. The lowest BCUT2D eigenvalue weighted by molar-refractivity contribution is 0.0946. The molecule has 0 saturated heterocycles. The fourth-order valence-electron chi connectivity index (χ4n) is 2.43. The van der Waals surface area contributed by atoms with E-state index in [2.05, 4.69) is 10.3 Å². The van der Waals surface area contributed by atoms with Gasteiger partial charge in [-0.25, -0.2) is 4.98 Å². The Labute approximate surface area is 150 Å². The molecule has 0 aliphatic rings. The second-order valence-corrected chi connectivity index (χ2v) is 6.68. The summed E-state index contributed by atoms with van der Waals surface area (Å²) in [5, 5.41) is 5.37. The monoisotopic (exact) mass is 352 g/mol. The van der Waals surface area contributed by atoms with E-state index in [4.69, 9.17) is 11.5 Å². The van der Waals surface area contributed by atoms with Gasteiger partial charge in [-0.15, -0.1) is 11.3 Å². The normalized spacial score (nSPS) is 11.9. The molecule has 1 atom stereocenters. The van der Waals surface area contributed by atoms with Crippen molar-refractivity contribution < 1.29 is 4.79 Å². The maximum absolute atomic E-state index is 12.2. The summed E-state index contributed by atoms with van der Waals surface area (Å²) < 4.78 is 0. The van der Waals surface area contributed by atoms with Gasteiger partial charge in [-0.2, -0.15) is 0 Å². The van der Waals surface area contributed by atoms with Crippen LogP contribution < -0.4 is 16.8 Å². The maximum Gasteiger partial charge on any atom is 0.271 e. The minimum Gasteiger partial charge on any atom is -0.399 e. The molecule has 0 fully saturated rings. The Bertz CT molecular complexity index is 830. The van der Waals surface area contributed by atoms with E-state index in [1.54, 1.807) is 5.38 Å². The standard InChI is InChI=1S/C19H20N4OS/c20-15-8-6-14(7-9-15)11-22-18(24)17-12-25-19(23-17)16(21)10-13-4-2-1-3-5-13/h1-9,12,16H,10-11,20-21H2,(H,22,24). The first-order chi connectivity index (χ1) is 12.1. The van der Waals surface area contributed by atoms with Gasteiger partial charge in [0.1, 0.15) is 10.7 Å². The maximum atomic E-state index is 12.2. The first kappa shape index (κ1) is 17.1. The topological polar surface area (TPSA) is 94.0 Å². The molecule has 25 heavy (non-hydrogen) atoms. The van der Waals surface area contributed by atoms with Crippen molar-refractivity contribution in [3.63, 3.8) is 0 Å². The number of benzene rings is 2. The van der Waals surface area contributed by atoms with E-state index in [0.717, 1.165) is 16.1 Å². The summed E-state index contributed by atoms with van der Waals surface area (Å²) in [7, 11) is 0. The number of amides is 1. The van der Waals surface area contributed by atoms with Crippen LogP contribution >= 0.6 is 11.3 Å². The fourth-order valence-corrected chi connectivity index (χ4v) is 3.23. The summed E-state index contributed by atoms with van der Waals surface area (Å²) in [6.07, 6.45) is 0.695. The Morgan fingerprint density at radius 2 is 1.80 bits per heavy atom. The smallest absolute Gasteiger partial charge is 0.271 e. The molecule has 0 saturated carbocycles. The molecule has 0 spiro atoms. The van der Waals surface area contributed by atoms with E-state index >= 15 is 0 Å². The van der Waals surface area contributed by atoms with E-state index in [0.29, 0.717) is 24.3 Å². The van der Waals surface area contributed by atoms with Gasteiger partial charge in [0.05, 0.1) is 6.04 Å². The van der Waals surface area contributed by atoms with Gasteiger partial charge in [0.25, 0.3) is 5.91 Å². The highest BCUT2D eigenvalue weighted by molar-refractivity contribution is 7.09. The Hall–Kier alpha value is -2.70. The van der Waals surface area contributed by atoms with Gasteiger partial charge in [-0.3, -0.25) is 4.79 Å². The molecule has 2 aromatic carbocycles. The van der Waals surface area contributed by atoms with Crippen LogP contribution in [0.4, 0.5) is 5.69 Å². The van der Waals surface area contributed by atoms with Crippen molar-refractivity contribution >= 4 is 22.9 Å². The van der Waals surface area contributed by atoms with Crippen LogP contribution in [0.25, 0.3) is 0 Å². The van der Waals surface area contributed by atoms with Crippen molar-refractivity contribution in [1.82, 2.24) is 10.3 Å². The second kappa shape index (κ2) is 7.92. The van der Waals surface area contributed by atoms with Crippen molar-refractivity contribution in [3.05, 3.63) is 81.8 Å². The average Bonchev–Trinajstić information content (AvgIpc) is 3.12. The van der Waals surface area contributed by atoms with Gasteiger partial charge < -0.3 is 16.8 Å². The molecule has 1 heterocycles. The molecule has 0 bridgehead atoms. The van der Waals surface area contributed by atoms with Gasteiger partial charge in [-0.05, 0) is 29.7 Å². The Balaban J connectivity index is 1.58. The molecule has 5 nitrogen and oxygen atoms in total. The Morgan fingerprint density at radius 1 is 1.08 bits per heavy atom. The van der Waals surface area contributed by atoms with Crippen LogP contribution in [0.15, 0.2) is 60.0 Å². The van der Waals surface area contributed by atoms with Crippen LogP contribution in [0.1, 0.15) is 32.7 Å². The van der Waals surface area contributed by atoms with Gasteiger partial charge in [0.15, 0.2) is 0 Å². The molecule has 1 amide bonds. The largest absolute Gasteiger partial charge is 0.399 e. The van der Waals surface area contributed by atoms with E-state index in [1.165, 1.54) is 11.3 Å². The molecule has 5 N–H and O–H groups in total. The number of thiazole rings is 1. The number of hydrogen-bond donors (Lipinski definition) is 3. The molecule has 6 heteroatoms. The van der Waals surface area contributed by atoms with Crippen molar-refractivity contribution in [2.75, 3.05) is 5.73 Å². The predicted octanol–water partition coefficient (Wildman–Crippen LogP) is 2.90. The van der Waals surface area contributed by atoms with E-state index in [-0.39, 0.29) is 11.9 Å². The number of nitrogens with two attached hydrogens (primary N) is 2. The summed E-state index contributed by atoms with van der Waals surface area (Å²) in [5.41, 5.74) is 15.1. The van der Waals surface area contributed by atoms with Crippen LogP contribution in [-0.2, 0) is 13.0 Å². The van der Waals surface area contributed by atoms with Gasteiger partial charge >= 0.3 is 0 Å². The number of anilines is 1. The number of rotatable bonds is 6. The van der Waals surface area contributed by atoms with Gasteiger partial charge in [0.2, 0.25) is 0 Å². The SMILES string of the molecule is Nc1ccc(CNC(=O)c2csc(C(N)Cc3ccccc3)n2)cc1. The first-order valence-corrected chi connectivity index (χ1v) is 8.87. The van der Waals surface area contributed by atoms with Crippen molar-refractivity contribution in [1.29, 1.82) is 0 Å². The van der Waals surface area contributed by atoms with Crippen LogP contribution in [0.3, 0.4) is 0 Å². The molecule has 0 radical (unpaired) electrons. The molecule has 0 aliphatic carbocycles. The van der Waals surface area contributed by atoms with E-state index in [9.17, 15) is 4.79 Å². The van der Waals surface area contributed by atoms with Crippen molar-refractivity contribution in [2.45, 2.75) is 19.0 Å². The summed E-state index contributed by atoms with van der Waals surface area (Å²) in [4.78, 5) is 16.6. The summed E-state index contributed by atoms with van der Waals surface area (Å²) in [6.45, 7) is 0.433. The third kappa shape index (κ3) is 4.65. The van der Waals surface area contributed by atoms with Crippen LogP contribution in [0, 0.1) is 0 Å². The summed E-state index contributed by atoms with van der Waals surface area (Å²) >= 11 is 1.42. The predicted molar refractivity (Wildman–Crippen MR) is 101 cm³/mol. The molecule has 3 rings (SSSR count). The zero-order valence-electron chi connectivity index (χ0n) is 13.7. The minimum atomic E-state index is -0.217. The average molecular weight is 352 g/mol. The third-order valence-electron chi connectivity index (χ3n) is 3.80. The highest BCUT2D eigenvalue weighted by atomic mass is 32.1. The highest BCUT2D eigenvalue weighted by Crippen LogP contribution is 2.20. The van der Waals surface area contributed by atoms with Gasteiger partial charge in [-0.1, -0.05) is 42.5 Å². The highest BCUT2D eigenvalue weighted by Gasteiger charge is 2.15. The number of nitrogens with one attached hydrogen (secondary N) is 1. The minimum absolute atomic E-state index is 0.203. The van der Waals surface area contributed by atoms with E-state index < -0.39 is 0 Å². The second-order valence-electron chi connectivity index (χ2n) is 5.79. The van der Waals surface area contributed by atoms with Crippen molar-refractivity contribution in [2.24, 2.45) is 5.73 Å². The lowest BCUT2D eigenvalue weighted by Crippen LogP contribution is -2.23. The zero-order chi connectivity index (χ0) is 17.6. The van der Waals surface area contributed by atoms with Crippen LogP contribution in [-0.4, -0.2) is 10.9 Å². The summed E-state index contributed by atoms with van der Waals surface area (Å²) in [6, 6.07) is 17.2. The molecule has 1 aromatic heterocycles. The molecular formula is C19H20N4OS. The number of carbonyl (C=O) groups excluding carboxylic acids is 1. The van der Waals surface area contributed by atoms with Crippen LogP contribution in [0.5, 0.6) is 0 Å². The molecular weight excluding hydrogens is 332 g/mol. The van der Waals surface area contributed by atoms with E-state index in [1.807, 2.05) is 54.6 Å². The van der Waals surface area contributed by atoms with Gasteiger partial charge in [0, 0.05) is 17.6 Å². The number of nitrogens with zero attached hydrogens (tertiary/aromatic N) is 1. The zero-order valence-corrected chi connectivity index (χ0v) is 14.5. The number of hydrogen-bond acceptors (Lipinski definition) is 5. The third-order valence-corrected chi connectivity index (χ3v) is 4.78. The quantitative estimate of drug-likeness (QED) is 0.595. The lowest BCUT2D eigenvalue weighted by atomic mass is 10.1. The molecule has 3 aromatic rings. The Kier molecular flexibility index (Phi) is 5.42. The lowest BCUT2D eigenvalue weighted by Gasteiger charge is -2.08. The fraction of sp³-hybridized carbons (Fsp3) is 0.158. The van der Waals surface area contributed by atoms with Crippen molar-refractivity contribution in [3.8, 4) is 0 Å². The molecule has 0 aliphatic heterocycles. The molecule has 1 unspecified atom stereocenters. The van der Waals surface area contributed by atoms with Crippen LogP contribution in [0.2, 0.25) is 0 Å². The molecule has 128 valence electrons. The summed E-state index contributed by atoms with van der Waals surface area (Å²) in [5.74, 6) is -0.203. The number of nitrogen functional groups attached to an aromatic ring is 1.